The number of fused-ring (bicyclic) bond motifs is 2. The van der Waals surface area contributed by atoms with Gasteiger partial charge in [-0.15, -0.1) is 0 Å². The van der Waals surface area contributed by atoms with Gasteiger partial charge in [0.2, 0.25) is 0 Å². The maximum Gasteiger partial charge on any atom is -1.00 e. The third kappa shape index (κ3) is 9.38. The van der Waals surface area contributed by atoms with E-state index < -0.39 is 26.5 Å². The maximum absolute atomic E-state index is 2.45. The molecule has 0 saturated heterocycles. The molecule has 0 bridgehead atoms. The van der Waals surface area contributed by atoms with E-state index in [0.29, 0.717) is 0 Å². The number of hydrogen-bond donors (Lipinski definition) is 0. The molecular weight excluding hydrogens is 632 g/mol. The van der Waals surface area contributed by atoms with Crippen molar-refractivity contribution in [1.82, 2.24) is 0 Å². The van der Waals surface area contributed by atoms with Crippen LogP contribution in [0.15, 0.2) is 72.8 Å². The molecule has 4 rings (SSSR count). The Labute approximate surface area is 228 Å². The van der Waals surface area contributed by atoms with Gasteiger partial charge in [0.05, 0.1) is 0 Å². The molecule has 4 aromatic rings. The normalized spacial score (nSPS) is 10.8. The SMILES string of the molecule is C[C](C)=[Zr+2].[CH3][Ge]([CH3])([CH3])[c]1c[cH-]c2ccccc12.[CH3][Ge]([CH3])([CH3])[c]1c[cH-]c2ccccc12.[Cl-].[Cl-]. The van der Waals surface area contributed by atoms with Gasteiger partial charge in [0.15, 0.2) is 0 Å². The van der Waals surface area contributed by atoms with E-state index in [0.717, 1.165) is 0 Å². The molecule has 0 radical (unpaired) electrons. The molecular formula is C27H36Cl2Ge2Zr-2. The topological polar surface area (TPSA) is 0 Å². The maximum atomic E-state index is 2.45. The van der Waals surface area contributed by atoms with Crippen molar-refractivity contribution < 1.29 is 49.0 Å². The third-order valence-electron chi connectivity index (χ3n) is 4.98. The molecule has 5 heteroatoms. The molecule has 172 valence electrons. The van der Waals surface area contributed by atoms with E-state index in [-0.39, 0.29) is 24.8 Å². The summed E-state index contributed by atoms with van der Waals surface area (Å²) in [4.78, 5) is 0. The second-order valence-electron chi connectivity index (χ2n) is 10.2. The Morgan fingerprint density at radius 2 is 0.906 bits per heavy atom. The molecule has 0 saturated carbocycles. The molecule has 0 nitrogen and oxygen atoms in total. The van der Waals surface area contributed by atoms with Crippen LogP contribution < -0.4 is 33.6 Å². The van der Waals surface area contributed by atoms with Crippen LogP contribution in [0, 0.1) is 0 Å². The summed E-state index contributed by atoms with van der Waals surface area (Å²) in [5.41, 5.74) is 0. The summed E-state index contributed by atoms with van der Waals surface area (Å²) in [6.45, 7) is 4.25. The molecule has 0 N–H and O–H groups in total. The van der Waals surface area contributed by atoms with Crippen LogP contribution in [0.25, 0.3) is 21.5 Å². The Morgan fingerprint density at radius 3 is 1.19 bits per heavy atom. The largest absolute Gasteiger partial charge is 1.00 e. The fraction of sp³-hybridized carbons (Fsp3) is 0.296. The second-order valence-corrected chi connectivity index (χ2v) is 33.8. The Bertz CT molecular complexity index is 1020. The van der Waals surface area contributed by atoms with Crippen molar-refractivity contribution in [1.29, 1.82) is 0 Å². The van der Waals surface area contributed by atoms with Crippen molar-refractivity contribution >= 4 is 60.1 Å². The van der Waals surface area contributed by atoms with Crippen molar-refractivity contribution in [3.63, 3.8) is 0 Å². The van der Waals surface area contributed by atoms with Gasteiger partial charge in [-0.1, -0.05) is 0 Å². The summed E-state index contributed by atoms with van der Waals surface area (Å²) in [6.07, 6.45) is 0. The molecule has 0 aliphatic carbocycles. The zero-order valence-electron chi connectivity index (χ0n) is 20.7. The van der Waals surface area contributed by atoms with Gasteiger partial charge in [0.25, 0.3) is 0 Å². The first kappa shape index (κ1) is 32.1. The molecule has 0 aliphatic rings. The van der Waals surface area contributed by atoms with Gasteiger partial charge < -0.3 is 24.8 Å². The Balaban J connectivity index is 0.000000490. The fourth-order valence-electron chi connectivity index (χ4n) is 3.61. The first-order chi connectivity index (χ1) is 13.9. The number of rotatable bonds is 2. The van der Waals surface area contributed by atoms with E-state index in [1.165, 1.54) is 24.8 Å². The molecule has 0 atom stereocenters. The predicted molar refractivity (Wildman–Crippen MR) is 141 cm³/mol. The Kier molecular flexibility index (Phi) is 13.9. The fourth-order valence-corrected chi connectivity index (χ4v) is 10.4. The molecule has 0 heterocycles. The van der Waals surface area contributed by atoms with Crippen LogP contribution in [0.4, 0.5) is 0 Å². The van der Waals surface area contributed by atoms with Crippen LogP contribution in [0.5, 0.6) is 0 Å². The van der Waals surface area contributed by atoms with E-state index in [1.807, 2.05) is 0 Å². The van der Waals surface area contributed by atoms with Gasteiger partial charge in [-0.3, -0.25) is 0 Å². The average molecular weight is 668 g/mol. The molecule has 0 aromatic heterocycles. The summed E-state index contributed by atoms with van der Waals surface area (Å²) in [5, 5.41) is 5.76. The predicted octanol–water partition coefficient (Wildman–Crippen LogP) is 0.961. The number of benzene rings is 2. The van der Waals surface area contributed by atoms with Gasteiger partial charge in [-0.05, 0) is 0 Å². The van der Waals surface area contributed by atoms with Crippen LogP contribution in [0.1, 0.15) is 13.8 Å². The second kappa shape index (κ2) is 13.8. The van der Waals surface area contributed by atoms with Gasteiger partial charge in [-0.2, -0.15) is 0 Å². The van der Waals surface area contributed by atoms with E-state index in [1.54, 1.807) is 33.0 Å². The van der Waals surface area contributed by atoms with Crippen LogP contribution >= 0.6 is 0 Å². The summed E-state index contributed by atoms with van der Waals surface area (Å²) >= 11 is -1.72. The molecule has 4 aromatic carbocycles. The first-order valence-electron chi connectivity index (χ1n) is 10.7. The minimum Gasteiger partial charge on any atom is -1.00 e. The summed E-state index contributed by atoms with van der Waals surface area (Å²) in [5.74, 6) is 14.7. The zero-order valence-corrected chi connectivity index (χ0v) is 28.9. The van der Waals surface area contributed by atoms with Crippen molar-refractivity contribution in [2.45, 2.75) is 48.4 Å². The zero-order chi connectivity index (χ0) is 22.5. The molecule has 0 spiro atoms. The van der Waals surface area contributed by atoms with Crippen LogP contribution in [-0.4, -0.2) is 29.7 Å². The first-order valence-corrected chi connectivity index (χ1v) is 26.6. The van der Waals surface area contributed by atoms with Crippen LogP contribution in [-0.2, 0) is 24.2 Å². The average Bonchev–Trinajstić information content (AvgIpc) is 3.25. The van der Waals surface area contributed by atoms with Crippen LogP contribution in [0.3, 0.4) is 0 Å². The molecule has 0 aliphatic heterocycles. The van der Waals surface area contributed by atoms with Crippen LogP contribution in [0.2, 0.25) is 34.5 Å². The minimum atomic E-state index is -1.64. The minimum absolute atomic E-state index is 0. The van der Waals surface area contributed by atoms with E-state index in [9.17, 15) is 0 Å². The van der Waals surface area contributed by atoms with Crippen molar-refractivity contribution in [3.05, 3.63) is 72.8 Å². The van der Waals surface area contributed by atoms with E-state index >= 15 is 0 Å². The van der Waals surface area contributed by atoms with Gasteiger partial charge >= 0.3 is 205 Å². The Morgan fingerprint density at radius 1 is 0.625 bits per heavy atom. The quantitative estimate of drug-likeness (QED) is 0.221. The Hall–Kier alpha value is 0.0788. The monoisotopic (exact) mass is 668 g/mol. The van der Waals surface area contributed by atoms with E-state index in [2.05, 4.69) is 121 Å². The summed E-state index contributed by atoms with van der Waals surface area (Å²) in [6, 6.07) is 26.6. The molecule has 0 unspecified atom stereocenters. The molecule has 32 heavy (non-hydrogen) atoms. The smallest absolute Gasteiger partial charge is 1.00 e. The van der Waals surface area contributed by atoms with Crippen molar-refractivity contribution in [3.8, 4) is 0 Å². The third-order valence-corrected chi connectivity index (χ3v) is 13.6. The van der Waals surface area contributed by atoms with E-state index in [4.69, 9.17) is 0 Å². The van der Waals surface area contributed by atoms with Gasteiger partial charge in [0.1, 0.15) is 0 Å². The van der Waals surface area contributed by atoms with Gasteiger partial charge in [-0.25, -0.2) is 0 Å². The van der Waals surface area contributed by atoms with Gasteiger partial charge in [0, 0.05) is 0 Å². The number of hydrogen-bond acceptors (Lipinski definition) is 0. The van der Waals surface area contributed by atoms with Crippen molar-refractivity contribution in [2.24, 2.45) is 0 Å². The number of halogens is 2. The van der Waals surface area contributed by atoms with Crippen molar-refractivity contribution in [2.75, 3.05) is 0 Å². The molecule has 0 fully saturated rings. The summed E-state index contributed by atoms with van der Waals surface area (Å²) in [7, 11) is 0. The summed E-state index contributed by atoms with van der Waals surface area (Å²) < 4.78 is 4.78. The standard InChI is InChI=1S/2C12H15Ge.C3H6.2ClH.Zr/c2*1-13(2,3)12-9-8-10-6-4-5-7-11(10)12;1-3-2;;;/h2*4-9H,1-3H3;1-2H3;2*1H;/q2*-1;;;;+2/p-2. The molecule has 0 amide bonds.